The lowest BCUT2D eigenvalue weighted by molar-refractivity contribution is -0.137. The molecule has 1 heterocycles. The summed E-state index contributed by atoms with van der Waals surface area (Å²) in [4.78, 5) is 10.4. The first kappa shape index (κ1) is 14.4. The van der Waals surface area contributed by atoms with Gasteiger partial charge in [-0.2, -0.15) is 4.31 Å². The molecular weight excluding hydrogens is 242 g/mol. The molecule has 0 aliphatic carbocycles. The number of carbonyl (C=O) groups is 1. The van der Waals surface area contributed by atoms with Gasteiger partial charge in [0, 0.05) is 19.0 Å². The van der Waals surface area contributed by atoms with Crippen LogP contribution in [0.25, 0.3) is 0 Å². The van der Waals surface area contributed by atoms with Gasteiger partial charge < -0.3 is 5.11 Å². The third-order valence-electron chi connectivity index (χ3n) is 3.21. The summed E-state index contributed by atoms with van der Waals surface area (Å²) in [6.45, 7) is 4.53. The molecule has 2 unspecified atom stereocenters. The molecule has 0 amide bonds. The van der Waals surface area contributed by atoms with Crippen LogP contribution in [0.5, 0.6) is 0 Å². The summed E-state index contributed by atoms with van der Waals surface area (Å²) < 4.78 is 25.7. The van der Waals surface area contributed by atoms with Crippen LogP contribution >= 0.6 is 0 Å². The van der Waals surface area contributed by atoms with E-state index in [-0.39, 0.29) is 24.6 Å². The summed E-state index contributed by atoms with van der Waals surface area (Å²) in [6, 6.07) is 0.0426. The average molecular weight is 263 g/mol. The highest BCUT2D eigenvalue weighted by Crippen LogP contribution is 2.24. The Labute approximate surface area is 103 Å². The summed E-state index contributed by atoms with van der Waals surface area (Å²) in [7, 11) is -3.29. The molecule has 2 atom stereocenters. The maximum atomic E-state index is 12.1. The summed E-state index contributed by atoms with van der Waals surface area (Å²) in [5.41, 5.74) is 0. The molecule has 100 valence electrons. The van der Waals surface area contributed by atoms with E-state index < -0.39 is 16.0 Å². The second-order valence-corrected chi connectivity index (χ2v) is 6.96. The standard InChI is InChI=1S/C11H21NO4S/c1-9-5-6-10(2)12(8-9)17(15,16)7-3-4-11(13)14/h9-10H,3-8H2,1-2H3,(H,13,14). The van der Waals surface area contributed by atoms with Crippen LogP contribution in [-0.2, 0) is 14.8 Å². The van der Waals surface area contributed by atoms with Crippen LogP contribution in [0.4, 0.5) is 0 Å². The minimum Gasteiger partial charge on any atom is -0.481 e. The third kappa shape index (κ3) is 4.27. The molecule has 17 heavy (non-hydrogen) atoms. The summed E-state index contributed by atoms with van der Waals surface area (Å²) in [5, 5.41) is 8.51. The van der Waals surface area contributed by atoms with E-state index in [9.17, 15) is 13.2 Å². The Morgan fingerprint density at radius 1 is 1.35 bits per heavy atom. The van der Waals surface area contributed by atoms with E-state index in [1.807, 2.05) is 13.8 Å². The molecule has 0 aromatic heterocycles. The van der Waals surface area contributed by atoms with Gasteiger partial charge >= 0.3 is 5.97 Å². The molecule has 0 aromatic rings. The van der Waals surface area contributed by atoms with E-state index in [4.69, 9.17) is 5.11 Å². The fraction of sp³-hybridized carbons (Fsp3) is 0.909. The van der Waals surface area contributed by atoms with E-state index in [0.29, 0.717) is 12.5 Å². The smallest absolute Gasteiger partial charge is 0.303 e. The number of piperidine rings is 1. The van der Waals surface area contributed by atoms with Gasteiger partial charge in [0.2, 0.25) is 10.0 Å². The number of rotatable bonds is 5. The van der Waals surface area contributed by atoms with Gasteiger partial charge in [-0.3, -0.25) is 4.79 Å². The Morgan fingerprint density at radius 3 is 2.59 bits per heavy atom. The predicted octanol–water partition coefficient (Wildman–Crippen LogP) is 1.30. The molecular formula is C11H21NO4S. The molecule has 1 rings (SSSR count). The van der Waals surface area contributed by atoms with Crippen molar-refractivity contribution in [2.75, 3.05) is 12.3 Å². The fourth-order valence-corrected chi connectivity index (χ4v) is 4.04. The maximum absolute atomic E-state index is 12.1. The SMILES string of the molecule is CC1CCC(C)N(S(=O)(=O)CCCC(=O)O)C1. The van der Waals surface area contributed by atoms with Gasteiger partial charge in [-0.15, -0.1) is 0 Å². The first-order chi connectivity index (χ1) is 7.83. The van der Waals surface area contributed by atoms with Crippen molar-refractivity contribution in [1.29, 1.82) is 0 Å². The zero-order valence-corrected chi connectivity index (χ0v) is 11.2. The summed E-state index contributed by atoms with van der Waals surface area (Å²) in [5.74, 6) is -0.614. The van der Waals surface area contributed by atoms with E-state index in [1.54, 1.807) is 4.31 Å². The van der Waals surface area contributed by atoms with Crippen molar-refractivity contribution in [1.82, 2.24) is 4.31 Å². The van der Waals surface area contributed by atoms with Crippen LogP contribution in [0.15, 0.2) is 0 Å². The number of carboxylic acid groups (broad SMARTS) is 1. The lowest BCUT2D eigenvalue weighted by Crippen LogP contribution is -2.45. The van der Waals surface area contributed by atoms with Crippen LogP contribution in [0.3, 0.4) is 0 Å². The molecule has 0 bridgehead atoms. The summed E-state index contributed by atoms with van der Waals surface area (Å²) >= 11 is 0. The van der Waals surface area contributed by atoms with E-state index in [1.165, 1.54) is 0 Å². The van der Waals surface area contributed by atoms with Crippen molar-refractivity contribution in [3.05, 3.63) is 0 Å². The lowest BCUT2D eigenvalue weighted by atomic mass is 9.97. The Hall–Kier alpha value is -0.620. The number of aliphatic carboxylic acids is 1. The number of hydrogen-bond donors (Lipinski definition) is 1. The van der Waals surface area contributed by atoms with Crippen molar-refractivity contribution in [2.24, 2.45) is 5.92 Å². The van der Waals surface area contributed by atoms with Crippen molar-refractivity contribution in [3.63, 3.8) is 0 Å². The van der Waals surface area contributed by atoms with Crippen molar-refractivity contribution in [2.45, 2.75) is 45.6 Å². The molecule has 0 aromatic carbocycles. The van der Waals surface area contributed by atoms with E-state index in [0.717, 1.165) is 12.8 Å². The van der Waals surface area contributed by atoms with Gasteiger partial charge in [-0.25, -0.2) is 8.42 Å². The van der Waals surface area contributed by atoms with Crippen molar-refractivity contribution < 1.29 is 18.3 Å². The maximum Gasteiger partial charge on any atom is 0.303 e. The zero-order valence-electron chi connectivity index (χ0n) is 10.4. The quantitative estimate of drug-likeness (QED) is 0.811. The highest BCUT2D eigenvalue weighted by Gasteiger charge is 2.31. The Balaban J connectivity index is 2.58. The first-order valence-corrected chi connectivity index (χ1v) is 7.65. The Morgan fingerprint density at radius 2 is 2.00 bits per heavy atom. The number of carboxylic acids is 1. The van der Waals surface area contributed by atoms with E-state index >= 15 is 0 Å². The Bertz CT molecular complexity index is 366. The largest absolute Gasteiger partial charge is 0.481 e. The van der Waals surface area contributed by atoms with Crippen LogP contribution in [-0.4, -0.2) is 42.1 Å². The monoisotopic (exact) mass is 263 g/mol. The van der Waals surface area contributed by atoms with Crippen LogP contribution < -0.4 is 0 Å². The van der Waals surface area contributed by atoms with Gasteiger partial charge in [0.05, 0.1) is 5.75 Å². The van der Waals surface area contributed by atoms with Crippen molar-refractivity contribution in [3.8, 4) is 0 Å². The highest BCUT2D eigenvalue weighted by molar-refractivity contribution is 7.89. The lowest BCUT2D eigenvalue weighted by Gasteiger charge is -2.35. The zero-order chi connectivity index (χ0) is 13.1. The summed E-state index contributed by atoms with van der Waals surface area (Å²) in [6.07, 6.45) is 2.05. The number of hydrogen-bond acceptors (Lipinski definition) is 3. The van der Waals surface area contributed by atoms with Gasteiger partial charge in [-0.05, 0) is 32.1 Å². The molecule has 1 fully saturated rings. The minimum absolute atomic E-state index is 0.0426. The predicted molar refractivity (Wildman–Crippen MR) is 65.2 cm³/mol. The van der Waals surface area contributed by atoms with Gasteiger partial charge in [0.25, 0.3) is 0 Å². The molecule has 0 saturated carbocycles. The normalized spacial score (nSPS) is 26.9. The highest BCUT2D eigenvalue weighted by atomic mass is 32.2. The third-order valence-corrected chi connectivity index (χ3v) is 5.24. The molecule has 1 N–H and O–H groups in total. The Kier molecular flexibility index (Phi) is 4.94. The molecule has 1 saturated heterocycles. The molecule has 5 nitrogen and oxygen atoms in total. The fourth-order valence-electron chi connectivity index (χ4n) is 2.16. The molecule has 0 spiro atoms. The van der Waals surface area contributed by atoms with E-state index in [2.05, 4.69) is 0 Å². The van der Waals surface area contributed by atoms with Gasteiger partial charge in [0.1, 0.15) is 0 Å². The second-order valence-electron chi connectivity index (χ2n) is 4.91. The topological polar surface area (TPSA) is 74.7 Å². The van der Waals surface area contributed by atoms with Crippen LogP contribution in [0, 0.1) is 5.92 Å². The minimum atomic E-state index is -3.29. The molecule has 6 heteroatoms. The average Bonchev–Trinajstić information content (AvgIpc) is 2.20. The van der Waals surface area contributed by atoms with Crippen LogP contribution in [0.1, 0.15) is 39.5 Å². The first-order valence-electron chi connectivity index (χ1n) is 6.04. The van der Waals surface area contributed by atoms with Crippen molar-refractivity contribution >= 4 is 16.0 Å². The molecule has 0 radical (unpaired) electrons. The van der Waals surface area contributed by atoms with Gasteiger partial charge in [0.15, 0.2) is 0 Å². The second kappa shape index (κ2) is 5.82. The molecule has 1 aliphatic heterocycles. The van der Waals surface area contributed by atoms with Crippen LogP contribution in [0.2, 0.25) is 0 Å². The molecule has 1 aliphatic rings. The number of nitrogens with zero attached hydrogens (tertiary/aromatic N) is 1. The number of sulfonamides is 1. The van der Waals surface area contributed by atoms with Gasteiger partial charge in [-0.1, -0.05) is 6.92 Å².